The molecule has 0 aliphatic carbocycles. The first kappa shape index (κ1) is 15.1. The number of hydrogen-bond donors (Lipinski definition) is 1. The summed E-state index contributed by atoms with van der Waals surface area (Å²) in [6.45, 7) is 0. The molecule has 4 rings (SSSR count). The molecule has 0 spiro atoms. The molecule has 1 heterocycles. The quantitative estimate of drug-likeness (QED) is 0.585. The predicted octanol–water partition coefficient (Wildman–Crippen LogP) is 4.81. The lowest BCUT2D eigenvalue weighted by atomic mass is 10.0. The third kappa shape index (κ3) is 2.87. The lowest BCUT2D eigenvalue weighted by Crippen LogP contribution is -2.00. The molecule has 1 aromatic heterocycles. The standard InChI is InChI=1S/C20H14FN3O/c21-15-10-4-5-12-17(15)25-19-18-14(13-7-2-1-3-8-13)9-6-11-16(18)23-20(22)24-19/h1-12H,(H2,22,23,24). The first-order valence-electron chi connectivity index (χ1n) is 7.76. The maximum Gasteiger partial charge on any atom is 0.232 e. The van der Waals surface area contributed by atoms with Crippen molar-refractivity contribution in [1.82, 2.24) is 9.97 Å². The molecule has 122 valence electrons. The van der Waals surface area contributed by atoms with E-state index in [1.807, 2.05) is 48.5 Å². The second kappa shape index (κ2) is 6.20. The first-order valence-corrected chi connectivity index (χ1v) is 7.76. The fourth-order valence-corrected chi connectivity index (χ4v) is 2.73. The Hall–Kier alpha value is -3.47. The Labute approximate surface area is 143 Å². The lowest BCUT2D eigenvalue weighted by molar-refractivity contribution is 0.432. The third-order valence-corrected chi connectivity index (χ3v) is 3.84. The van der Waals surface area contributed by atoms with Crippen LogP contribution in [0.25, 0.3) is 22.0 Å². The van der Waals surface area contributed by atoms with Gasteiger partial charge in [-0.3, -0.25) is 0 Å². The van der Waals surface area contributed by atoms with Crippen molar-refractivity contribution in [3.63, 3.8) is 0 Å². The molecule has 0 amide bonds. The summed E-state index contributed by atoms with van der Waals surface area (Å²) in [5.41, 5.74) is 8.33. The number of ether oxygens (including phenoxy) is 1. The average Bonchev–Trinajstić information content (AvgIpc) is 2.63. The van der Waals surface area contributed by atoms with Crippen LogP contribution in [0.1, 0.15) is 0 Å². The van der Waals surface area contributed by atoms with E-state index in [4.69, 9.17) is 10.5 Å². The van der Waals surface area contributed by atoms with Crippen LogP contribution in [0.4, 0.5) is 10.3 Å². The number of fused-ring (bicyclic) bond motifs is 1. The molecule has 5 heteroatoms. The third-order valence-electron chi connectivity index (χ3n) is 3.84. The van der Waals surface area contributed by atoms with E-state index in [1.165, 1.54) is 6.07 Å². The van der Waals surface area contributed by atoms with Gasteiger partial charge in [0.2, 0.25) is 11.8 Å². The number of anilines is 1. The highest BCUT2D eigenvalue weighted by Gasteiger charge is 2.15. The minimum atomic E-state index is -0.468. The van der Waals surface area contributed by atoms with E-state index in [-0.39, 0.29) is 17.6 Å². The van der Waals surface area contributed by atoms with Gasteiger partial charge >= 0.3 is 0 Å². The molecular weight excluding hydrogens is 317 g/mol. The monoisotopic (exact) mass is 331 g/mol. The minimum Gasteiger partial charge on any atom is -0.435 e. The molecule has 3 aromatic carbocycles. The maximum atomic E-state index is 14.0. The zero-order chi connectivity index (χ0) is 17.2. The highest BCUT2D eigenvalue weighted by Crippen LogP contribution is 2.36. The molecule has 0 aliphatic heterocycles. The van der Waals surface area contributed by atoms with Gasteiger partial charge in [-0.15, -0.1) is 0 Å². The van der Waals surface area contributed by atoms with Crippen LogP contribution in [0, 0.1) is 5.82 Å². The molecule has 0 radical (unpaired) electrons. The fraction of sp³-hybridized carbons (Fsp3) is 0. The number of hydrogen-bond acceptors (Lipinski definition) is 4. The summed E-state index contributed by atoms with van der Waals surface area (Å²) in [4.78, 5) is 8.48. The van der Waals surface area contributed by atoms with Crippen LogP contribution in [-0.4, -0.2) is 9.97 Å². The van der Waals surface area contributed by atoms with Gasteiger partial charge in [0, 0.05) is 0 Å². The van der Waals surface area contributed by atoms with Crippen molar-refractivity contribution in [1.29, 1.82) is 0 Å². The molecule has 0 bridgehead atoms. The van der Waals surface area contributed by atoms with Crippen molar-refractivity contribution in [3.05, 3.63) is 78.6 Å². The van der Waals surface area contributed by atoms with E-state index in [2.05, 4.69) is 9.97 Å². The molecule has 4 nitrogen and oxygen atoms in total. The van der Waals surface area contributed by atoms with Crippen LogP contribution in [0.15, 0.2) is 72.8 Å². The normalized spacial score (nSPS) is 10.8. The molecule has 0 aliphatic rings. The van der Waals surface area contributed by atoms with Gasteiger partial charge < -0.3 is 10.5 Å². The number of halogens is 1. The van der Waals surface area contributed by atoms with Crippen molar-refractivity contribution >= 4 is 16.9 Å². The Morgan fingerprint density at radius 3 is 2.36 bits per heavy atom. The topological polar surface area (TPSA) is 61.0 Å². The zero-order valence-electron chi connectivity index (χ0n) is 13.2. The summed E-state index contributed by atoms with van der Waals surface area (Å²) >= 11 is 0. The van der Waals surface area contributed by atoms with Crippen LogP contribution in [0.3, 0.4) is 0 Å². The summed E-state index contributed by atoms with van der Waals surface area (Å²) in [5.74, 6) is -0.0779. The maximum absolute atomic E-state index is 14.0. The van der Waals surface area contributed by atoms with Gasteiger partial charge in [0.15, 0.2) is 11.6 Å². The summed E-state index contributed by atoms with van der Waals surface area (Å²) < 4.78 is 19.8. The number of rotatable bonds is 3. The van der Waals surface area contributed by atoms with Gasteiger partial charge in [0.25, 0.3) is 0 Å². The molecular formula is C20H14FN3O. The molecule has 0 fully saturated rings. The number of nitrogens with zero attached hydrogens (tertiary/aromatic N) is 2. The molecule has 4 aromatic rings. The van der Waals surface area contributed by atoms with E-state index >= 15 is 0 Å². The van der Waals surface area contributed by atoms with Crippen molar-refractivity contribution in [3.8, 4) is 22.8 Å². The van der Waals surface area contributed by atoms with Crippen molar-refractivity contribution < 1.29 is 9.13 Å². The van der Waals surface area contributed by atoms with Crippen molar-refractivity contribution in [2.45, 2.75) is 0 Å². The van der Waals surface area contributed by atoms with E-state index < -0.39 is 5.82 Å². The van der Waals surface area contributed by atoms with Gasteiger partial charge in [-0.1, -0.05) is 54.6 Å². The number of nitrogens with two attached hydrogens (primary N) is 1. The molecule has 0 unspecified atom stereocenters. The summed E-state index contributed by atoms with van der Waals surface area (Å²) in [5, 5.41) is 0.686. The van der Waals surface area contributed by atoms with Crippen LogP contribution >= 0.6 is 0 Å². The number of nitrogen functional groups attached to an aromatic ring is 1. The number of aromatic nitrogens is 2. The van der Waals surface area contributed by atoms with E-state index in [9.17, 15) is 4.39 Å². The molecule has 0 atom stereocenters. The SMILES string of the molecule is Nc1nc(Oc2ccccc2F)c2c(-c3ccccc3)cccc2n1. The van der Waals surface area contributed by atoms with Gasteiger partial charge in [0.1, 0.15) is 0 Å². The van der Waals surface area contributed by atoms with Crippen LogP contribution in [0.2, 0.25) is 0 Å². The second-order valence-electron chi connectivity index (χ2n) is 5.49. The Bertz CT molecular complexity index is 1050. The van der Waals surface area contributed by atoms with Gasteiger partial charge in [0.05, 0.1) is 10.9 Å². The molecule has 0 saturated carbocycles. The first-order chi connectivity index (χ1) is 12.2. The zero-order valence-corrected chi connectivity index (χ0v) is 13.2. The minimum absolute atomic E-state index is 0.0732. The van der Waals surface area contributed by atoms with Gasteiger partial charge in [-0.25, -0.2) is 9.37 Å². The number of benzene rings is 3. The summed E-state index contributed by atoms with van der Waals surface area (Å²) in [7, 11) is 0. The largest absolute Gasteiger partial charge is 0.435 e. The molecule has 2 N–H and O–H groups in total. The van der Waals surface area contributed by atoms with Crippen LogP contribution in [-0.2, 0) is 0 Å². The predicted molar refractivity (Wildman–Crippen MR) is 95.9 cm³/mol. The lowest BCUT2D eigenvalue weighted by Gasteiger charge is -2.12. The van der Waals surface area contributed by atoms with Crippen LogP contribution < -0.4 is 10.5 Å². The van der Waals surface area contributed by atoms with E-state index in [0.29, 0.717) is 10.9 Å². The Balaban J connectivity index is 1.96. The second-order valence-corrected chi connectivity index (χ2v) is 5.49. The Kier molecular flexibility index (Phi) is 3.74. The van der Waals surface area contributed by atoms with Crippen LogP contribution in [0.5, 0.6) is 11.6 Å². The van der Waals surface area contributed by atoms with E-state index in [1.54, 1.807) is 18.2 Å². The van der Waals surface area contributed by atoms with Gasteiger partial charge in [-0.05, 0) is 29.3 Å². The smallest absolute Gasteiger partial charge is 0.232 e. The Morgan fingerprint density at radius 1 is 0.800 bits per heavy atom. The van der Waals surface area contributed by atoms with E-state index in [0.717, 1.165) is 11.1 Å². The summed E-state index contributed by atoms with van der Waals surface area (Å²) in [6, 6.07) is 21.7. The summed E-state index contributed by atoms with van der Waals surface area (Å²) in [6.07, 6.45) is 0. The Morgan fingerprint density at radius 2 is 1.56 bits per heavy atom. The van der Waals surface area contributed by atoms with Crippen molar-refractivity contribution in [2.75, 3.05) is 5.73 Å². The molecule has 25 heavy (non-hydrogen) atoms. The van der Waals surface area contributed by atoms with Crippen molar-refractivity contribution in [2.24, 2.45) is 0 Å². The average molecular weight is 331 g/mol. The molecule has 0 saturated heterocycles. The fourth-order valence-electron chi connectivity index (χ4n) is 2.73. The van der Waals surface area contributed by atoms with Gasteiger partial charge in [-0.2, -0.15) is 4.98 Å². The number of para-hydroxylation sites is 1. The highest BCUT2D eigenvalue weighted by atomic mass is 19.1. The highest BCUT2D eigenvalue weighted by molar-refractivity contribution is 5.98.